The molecule has 2 aromatic rings. The van der Waals surface area contributed by atoms with E-state index in [4.69, 9.17) is 11.6 Å². The molecule has 0 radical (unpaired) electrons. The number of hydrogen-bond acceptors (Lipinski definition) is 4. The highest BCUT2D eigenvalue weighted by molar-refractivity contribution is 6.30. The van der Waals surface area contributed by atoms with Crippen LogP contribution in [-0.2, 0) is 11.2 Å². The Labute approximate surface area is 162 Å². The Balaban J connectivity index is 1.50. The lowest BCUT2D eigenvalue weighted by Gasteiger charge is -2.32. The van der Waals surface area contributed by atoms with Crippen molar-refractivity contribution in [2.24, 2.45) is 0 Å². The first-order chi connectivity index (χ1) is 12.9. The predicted molar refractivity (Wildman–Crippen MR) is 102 cm³/mol. The molecule has 1 aliphatic rings. The van der Waals surface area contributed by atoms with Crippen molar-refractivity contribution in [2.45, 2.75) is 25.3 Å². The average Bonchev–Trinajstić information content (AvgIpc) is 2.63. The van der Waals surface area contributed by atoms with Gasteiger partial charge in [0.15, 0.2) is 0 Å². The highest BCUT2D eigenvalue weighted by atomic mass is 35.5. The molecule has 1 saturated heterocycles. The van der Waals surface area contributed by atoms with Crippen LogP contribution in [0.1, 0.15) is 28.8 Å². The van der Waals surface area contributed by atoms with Crippen molar-refractivity contribution in [3.05, 3.63) is 58.6 Å². The van der Waals surface area contributed by atoms with Gasteiger partial charge in [-0.05, 0) is 42.7 Å². The molecular formula is C20H21ClN2O4. The smallest absolute Gasteiger partial charge is 0.251 e. The summed E-state index contributed by atoms with van der Waals surface area (Å²) in [7, 11) is 0. The Hall–Kier alpha value is -2.73. The van der Waals surface area contributed by atoms with Crippen LogP contribution in [-0.4, -0.2) is 46.1 Å². The van der Waals surface area contributed by atoms with Gasteiger partial charge in [0.05, 0.1) is 6.42 Å². The van der Waals surface area contributed by atoms with Crippen molar-refractivity contribution >= 4 is 23.4 Å². The summed E-state index contributed by atoms with van der Waals surface area (Å²) in [5.74, 6) is -0.627. The zero-order chi connectivity index (χ0) is 19.4. The summed E-state index contributed by atoms with van der Waals surface area (Å²) in [4.78, 5) is 26.5. The minimum Gasteiger partial charge on any atom is -0.508 e. The molecule has 2 aromatic carbocycles. The maximum atomic E-state index is 12.4. The molecule has 2 amide bonds. The molecule has 0 aromatic heterocycles. The van der Waals surface area contributed by atoms with Crippen molar-refractivity contribution in [1.29, 1.82) is 0 Å². The molecule has 142 valence electrons. The fourth-order valence-electron chi connectivity index (χ4n) is 3.16. The van der Waals surface area contributed by atoms with Gasteiger partial charge in [-0.3, -0.25) is 9.59 Å². The topological polar surface area (TPSA) is 89.9 Å². The molecule has 0 bridgehead atoms. The number of phenols is 2. The Kier molecular flexibility index (Phi) is 5.86. The predicted octanol–water partition coefficient (Wildman–Crippen LogP) is 2.71. The van der Waals surface area contributed by atoms with E-state index in [1.54, 1.807) is 17.0 Å². The van der Waals surface area contributed by atoms with Crippen LogP contribution in [0.15, 0.2) is 42.5 Å². The van der Waals surface area contributed by atoms with Gasteiger partial charge in [0.1, 0.15) is 11.5 Å². The van der Waals surface area contributed by atoms with Crippen LogP contribution in [0.3, 0.4) is 0 Å². The van der Waals surface area contributed by atoms with Crippen LogP contribution in [0.2, 0.25) is 5.02 Å². The zero-order valence-corrected chi connectivity index (χ0v) is 15.4. The highest BCUT2D eigenvalue weighted by Crippen LogP contribution is 2.21. The number of rotatable bonds is 4. The van der Waals surface area contributed by atoms with E-state index in [-0.39, 0.29) is 34.9 Å². The van der Waals surface area contributed by atoms with Crippen LogP contribution in [0, 0.1) is 0 Å². The minimum absolute atomic E-state index is 0.0541. The molecule has 1 heterocycles. The van der Waals surface area contributed by atoms with Crippen LogP contribution in [0.25, 0.3) is 0 Å². The molecule has 3 N–H and O–H groups in total. The van der Waals surface area contributed by atoms with Crippen LogP contribution < -0.4 is 5.32 Å². The van der Waals surface area contributed by atoms with Crippen molar-refractivity contribution < 1.29 is 19.8 Å². The summed E-state index contributed by atoms with van der Waals surface area (Å²) in [5.41, 5.74) is 1.12. The summed E-state index contributed by atoms with van der Waals surface area (Å²) < 4.78 is 0. The SMILES string of the molecule is O=C(NC1CCN(C(=O)Cc2ccc(Cl)cc2)CC1)c1cc(O)cc(O)c1. The first kappa shape index (κ1) is 19.0. The third-order valence-corrected chi connectivity index (χ3v) is 4.87. The van der Waals surface area contributed by atoms with E-state index in [2.05, 4.69) is 5.32 Å². The highest BCUT2D eigenvalue weighted by Gasteiger charge is 2.24. The van der Waals surface area contributed by atoms with Crippen molar-refractivity contribution in [3.63, 3.8) is 0 Å². The molecule has 1 fully saturated rings. The van der Waals surface area contributed by atoms with E-state index in [1.165, 1.54) is 18.2 Å². The van der Waals surface area contributed by atoms with Gasteiger partial charge >= 0.3 is 0 Å². The van der Waals surface area contributed by atoms with Crippen LogP contribution in [0.5, 0.6) is 11.5 Å². The molecule has 0 atom stereocenters. The number of nitrogens with one attached hydrogen (secondary N) is 1. The van der Waals surface area contributed by atoms with Gasteiger partial charge in [-0.25, -0.2) is 0 Å². The number of piperidine rings is 1. The second kappa shape index (κ2) is 8.31. The fraction of sp³-hybridized carbons (Fsp3) is 0.300. The third-order valence-electron chi connectivity index (χ3n) is 4.62. The summed E-state index contributed by atoms with van der Waals surface area (Å²) in [5, 5.41) is 22.5. The van der Waals surface area contributed by atoms with Gasteiger partial charge in [0.25, 0.3) is 5.91 Å². The molecule has 0 saturated carbocycles. The number of halogens is 1. The second-order valence-corrected chi connectivity index (χ2v) is 7.11. The maximum Gasteiger partial charge on any atom is 0.251 e. The lowest BCUT2D eigenvalue weighted by molar-refractivity contribution is -0.131. The van der Waals surface area contributed by atoms with E-state index in [1.807, 2.05) is 12.1 Å². The van der Waals surface area contributed by atoms with Crippen molar-refractivity contribution in [2.75, 3.05) is 13.1 Å². The number of nitrogens with zero attached hydrogens (tertiary/aromatic N) is 1. The van der Waals surface area contributed by atoms with E-state index in [0.717, 1.165) is 5.56 Å². The van der Waals surface area contributed by atoms with Crippen molar-refractivity contribution in [3.8, 4) is 11.5 Å². The molecule has 0 aliphatic carbocycles. The van der Waals surface area contributed by atoms with Crippen LogP contribution >= 0.6 is 11.6 Å². The summed E-state index contributed by atoms with van der Waals surface area (Å²) in [6, 6.07) is 11.0. The number of carbonyl (C=O) groups excluding carboxylic acids is 2. The summed E-state index contributed by atoms with van der Waals surface area (Å²) in [6.45, 7) is 1.14. The van der Waals surface area contributed by atoms with Gasteiger partial charge in [-0.1, -0.05) is 23.7 Å². The largest absolute Gasteiger partial charge is 0.508 e. The van der Waals surface area contributed by atoms with Gasteiger partial charge < -0.3 is 20.4 Å². The first-order valence-electron chi connectivity index (χ1n) is 8.77. The van der Waals surface area contributed by atoms with E-state index < -0.39 is 0 Å². The molecule has 1 aliphatic heterocycles. The van der Waals surface area contributed by atoms with E-state index in [0.29, 0.717) is 37.4 Å². The zero-order valence-electron chi connectivity index (χ0n) is 14.7. The molecule has 0 unspecified atom stereocenters. The number of benzene rings is 2. The van der Waals surface area contributed by atoms with E-state index in [9.17, 15) is 19.8 Å². The monoisotopic (exact) mass is 388 g/mol. The Morgan fingerprint density at radius 2 is 1.63 bits per heavy atom. The normalized spacial score (nSPS) is 14.8. The lowest BCUT2D eigenvalue weighted by Crippen LogP contribution is -2.46. The fourth-order valence-corrected chi connectivity index (χ4v) is 3.28. The minimum atomic E-state index is -0.354. The second-order valence-electron chi connectivity index (χ2n) is 6.67. The number of aromatic hydroxyl groups is 2. The number of amides is 2. The number of likely N-dealkylation sites (tertiary alicyclic amines) is 1. The van der Waals surface area contributed by atoms with Gasteiger partial charge in [-0.15, -0.1) is 0 Å². The molecule has 7 heteroatoms. The Morgan fingerprint density at radius 1 is 1.04 bits per heavy atom. The van der Waals surface area contributed by atoms with Crippen molar-refractivity contribution in [1.82, 2.24) is 10.2 Å². The van der Waals surface area contributed by atoms with Gasteiger partial charge in [-0.2, -0.15) is 0 Å². The molecule has 27 heavy (non-hydrogen) atoms. The Morgan fingerprint density at radius 3 is 2.22 bits per heavy atom. The first-order valence-corrected chi connectivity index (χ1v) is 9.14. The lowest BCUT2D eigenvalue weighted by atomic mass is 10.0. The average molecular weight is 389 g/mol. The van der Waals surface area contributed by atoms with Gasteiger partial charge in [0.2, 0.25) is 5.91 Å². The van der Waals surface area contributed by atoms with E-state index >= 15 is 0 Å². The molecular weight excluding hydrogens is 368 g/mol. The molecule has 3 rings (SSSR count). The number of carbonyl (C=O) groups is 2. The summed E-state index contributed by atoms with van der Waals surface area (Å²) >= 11 is 5.86. The molecule has 0 spiro atoms. The molecule has 6 nitrogen and oxygen atoms in total. The number of hydrogen-bond donors (Lipinski definition) is 3. The Bertz CT molecular complexity index is 810. The summed E-state index contributed by atoms with van der Waals surface area (Å²) in [6.07, 6.45) is 1.64. The maximum absolute atomic E-state index is 12.4. The number of phenolic OH excluding ortho intramolecular Hbond substituents is 2. The quantitative estimate of drug-likeness (QED) is 0.751. The van der Waals surface area contributed by atoms with Crippen LogP contribution in [0.4, 0.5) is 0 Å². The third kappa shape index (κ3) is 5.14. The van der Waals surface area contributed by atoms with Gasteiger partial charge in [0, 0.05) is 35.8 Å². The standard InChI is InChI=1S/C20H21ClN2O4/c21-15-3-1-13(2-4-15)9-19(26)23-7-5-16(6-8-23)22-20(27)14-10-17(24)12-18(25)11-14/h1-4,10-12,16,24-25H,5-9H2,(H,22,27).